The number of nitrogens with one attached hydrogen (secondary N) is 1. The molecule has 13 heteroatoms. The van der Waals surface area contributed by atoms with E-state index in [1.165, 1.54) is 11.2 Å². The first-order valence-corrected chi connectivity index (χ1v) is 8.15. The molecule has 2 aliphatic heterocycles. The van der Waals surface area contributed by atoms with E-state index in [1.54, 1.807) is 10.2 Å². The average Bonchev–Trinajstić information content (AvgIpc) is 3.18. The fourth-order valence-corrected chi connectivity index (χ4v) is 2.89. The number of carbonyl (C=O) groups is 1. The number of halogens is 3. The number of carbonyl (C=O) groups excluding carboxylic acids is 1. The van der Waals surface area contributed by atoms with Gasteiger partial charge in [-0.25, -0.2) is 9.97 Å². The first-order chi connectivity index (χ1) is 13.2. The molecule has 3 atom stereocenters. The summed E-state index contributed by atoms with van der Waals surface area (Å²) < 4.78 is 42.2. The summed E-state index contributed by atoms with van der Waals surface area (Å²) in [5.74, 6) is 0.796. The first-order valence-electron chi connectivity index (χ1n) is 8.15. The molecular formula is C15H17F3N6O4. The Morgan fingerprint density at radius 3 is 2.86 bits per heavy atom. The fourth-order valence-electron chi connectivity index (χ4n) is 2.89. The lowest BCUT2D eigenvalue weighted by Crippen LogP contribution is -2.38. The van der Waals surface area contributed by atoms with E-state index in [2.05, 4.69) is 21.9 Å². The average molecular weight is 402 g/mol. The minimum atomic E-state index is -4.99. The second-order valence-corrected chi connectivity index (χ2v) is 6.05. The zero-order valence-electron chi connectivity index (χ0n) is 14.3. The van der Waals surface area contributed by atoms with Crippen LogP contribution in [0.4, 0.5) is 30.5 Å². The third-order valence-corrected chi connectivity index (χ3v) is 4.21. The highest BCUT2D eigenvalue weighted by Gasteiger charge is 2.42. The fraction of sp³-hybridized carbons (Fsp3) is 0.533. The lowest BCUT2D eigenvalue weighted by Gasteiger charge is -2.24. The Hall–Kier alpha value is -2.82. The summed E-state index contributed by atoms with van der Waals surface area (Å²) in [6.07, 6.45) is -5.77. The van der Waals surface area contributed by atoms with Gasteiger partial charge in [-0.2, -0.15) is 13.2 Å². The molecule has 0 bridgehead atoms. The number of fused-ring (bicyclic) bond motifs is 1. The third-order valence-electron chi connectivity index (χ3n) is 4.21. The van der Waals surface area contributed by atoms with Gasteiger partial charge >= 0.3 is 12.1 Å². The predicted octanol–water partition coefficient (Wildman–Crippen LogP) is -1.25. The number of amides is 1. The Balaban J connectivity index is 1.75. The Labute approximate surface area is 157 Å². The van der Waals surface area contributed by atoms with E-state index >= 15 is 0 Å². The minimum Gasteiger partial charge on any atom is -0.394 e. The lowest BCUT2D eigenvalue weighted by atomic mass is 10.2. The van der Waals surface area contributed by atoms with Crippen LogP contribution in [0.3, 0.4) is 0 Å². The van der Waals surface area contributed by atoms with Crippen LogP contribution in [-0.2, 0) is 9.53 Å². The van der Waals surface area contributed by atoms with Gasteiger partial charge in [0.2, 0.25) is 0 Å². The Kier molecular flexibility index (Phi) is 5.45. The number of ether oxygens (including phenoxy) is 1. The normalized spacial score (nSPS) is 24.0. The summed E-state index contributed by atoms with van der Waals surface area (Å²) in [4.78, 5) is 21.9. The summed E-state index contributed by atoms with van der Waals surface area (Å²) >= 11 is 0. The number of anilines is 3. The monoisotopic (exact) mass is 402 g/mol. The van der Waals surface area contributed by atoms with Gasteiger partial charge in [0.05, 0.1) is 19.3 Å². The van der Waals surface area contributed by atoms with E-state index in [0.717, 1.165) is 0 Å². The van der Waals surface area contributed by atoms with E-state index in [-0.39, 0.29) is 25.5 Å². The summed E-state index contributed by atoms with van der Waals surface area (Å²) in [7, 11) is 0. The highest BCUT2D eigenvalue weighted by atomic mass is 19.4. The number of aromatic nitrogens is 2. The molecule has 1 amide bonds. The van der Waals surface area contributed by atoms with E-state index in [9.17, 15) is 28.2 Å². The minimum absolute atomic E-state index is 0.0912. The zero-order chi connectivity index (χ0) is 20.5. The summed E-state index contributed by atoms with van der Waals surface area (Å²) in [6, 6.07) is 2.61. The largest absolute Gasteiger partial charge is 0.471 e. The number of aliphatic hydroxyl groups is 2. The van der Waals surface area contributed by atoms with Gasteiger partial charge in [-0.05, 0) is 0 Å². The standard InChI is InChI=1S/C15H17F3N6O4/c16-15(17,18)14(27)20-2-1-3-23-7-24(10-4-8(26)9(5-25)28-10)13-11(23)12(19)21-6-22-13/h6,8-10,25-26H,2,4-5,7H2,(H,20,27)(H2,19,21,22)/t8?,9-,10-/m1/s1. The van der Waals surface area contributed by atoms with Crippen molar-refractivity contribution in [3.8, 4) is 12.0 Å². The van der Waals surface area contributed by atoms with Gasteiger partial charge in [0, 0.05) is 12.5 Å². The molecule has 3 heterocycles. The van der Waals surface area contributed by atoms with Crippen molar-refractivity contribution < 1.29 is 32.9 Å². The van der Waals surface area contributed by atoms with Crippen LogP contribution >= 0.6 is 0 Å². The number of aliphatic hydroxyl groups excluding tert-OH is 2. The van der Waals surface area contributed by atoms with Crippen molar-refractivity contribution in [3.05, 3.63) is 6.33 Å². The number of rotatable bonds is 3. The van der Waals surface area contributed by atoms with Gasteiger partial charge in [0.15, 0.2) is 11.6 Å². The third kappa shape index (κ3) is 3.88. The van der Waals surface area contributed by atoms with Gasteiger partial charge in [0.25, 0.3) is 0 Å². The number of hydrogen-bond acceptors (Lipinski definition) is 9. The number of nitrogens with zero attached hydrogens (tertiary/aromatic N) is 4. The van der Waals surface area contributed by atoms with E-state index < -0.39 is 37.1 Å². The van der Waals surface area contributed by atoms with Crippen molar-refractivity contribution in [1.82, 2.24) is 15.3 Å². The SMILES string of the molecule is Nc1ncnc2c1N(C#CCNC(=O)C(F)(F)F)CN2[C@H]1CC(O)[C@@H](CO)O1. The molecule has 1 unspecified atom stereocenters. The molecule has 0 radical (unpaired) electrons. The number of alkyl halides is 3. The zero-order valence-corrected chi connectivity index (χ0v) is 14.3. The van der Waals surface area contributed by atoms with Crippen LogP contribution in [0.1, 0.15) is 6.42 Å². The molecule has 0 aromatic carbocycles. The molecule has 1 aromatic heterocycles. The molecule has 0 spiro atoms. The molecule has 5 N–H and O–H groups in total. The predicted molar refractivity (Wildman–Crippen MR) is 89.5 cm³/mol. The molecule has 10 nitrogen and oxygen atoms in total. The van der Waals surface area contributed by atoms with Crippen molar-refractivity contribution in [2.45, 2.75) is 31.0 Å². The Morgan fingerprint density at radius 2 is 2.21 bits per heavy atom. The van der Waals surface area contributed by atoms with Crippen LogP contribution in [0.25, 0.3) is 0 Å². The molecule has 1 fully saturated rings. The summed E-state index contributed by atoms with van der Waals surface area (Å²) in [5.41, 5.74) is 6.21. The maximum atomic E-state index is 12.2. The lowest BCUT2D eigenvalue weighted by molar-refractivity contribution is -0.173. The van der Waals surface area contributed by atoms with Gasteiger partial charge < -0.3 is 30.9 Å². The maximum absolute atomic E-state index is 12.2. The van der Waals surface area contributed by atoms with E-state index in [0.29, 0.717) is 11.5 Å². The van der Waals surface area contributed by atoms with Crippen LogP contribution in [0.2, 0.25) is 0 Å². The first kappa shape index (κ1) is 19.9. The van der Waals surface area contributed by atoms with Gasteiger partial charge in [-0.3, -0.25) is 9.69 Å². The van der Waals surface area contributed by atoms with Gasteiger partial charge in [-0.1, -0.05) is 5.92 Å². The second kappa shape index (κ2) is 7.66. The van der Waals surface area contributed by atoms with Crippen LogP contribution in [0, 0.1) is 12.0 Å². The highest BCUT2D eigenvalue weighted by molar-refractivity contribution is 5.84. The molecule has 28 heavy (non-hydrogen) atoms. The molecule has 3 rings (SSSR count). The van der Waals surface area contributed by atoms with E-state index in [1.807, 2.05) is 0 Å². The number of nitrogens with two attached hydrogens (primary N) is 1. The maximum Gasteiger partial charge on any atom is 0.471 e. The molecule has 0 aliphatic carbocycles. The number of hydrogen-bond donors (Lipinski definition) is 4. The topological polar surface area (TPSA) is 137 Å². The van der Waals surface area contributed by atoms with Crippen LogP contribution in [-0.4, -0.2) is 70.5 Å². The summed E-state index contributed by atoms with van der Waals surface area (Å²) in [5, 5.41) is 20.8. The summed E-state index contributed by atoms with van der Waals surface area (Å²) in [6.45, 7) is -0.788. The smallest absolute Gasteiger partial charge is 0.394 e. The van der Waals surface area contributed by atoms with Crippen molar-refractivity contribution in [2.75, 3.05) is 35.4 Å². The van der Waals surface area contributed by atoms with Crippen molar-refractivity contribution in [3.63, 3.8) is 0 Å². The second-order valence-electron chi connectivity index (χ2n) is 6.05. The van der Waals surface area contributed by atoms with Crippen LogP contribution in [0.5, 0.6) is 0 Å². The molecule has 152 valence electrons. The quantitative estimate of drug-likeness (QED) is 0.457. The molecule has 0 saturated carbocycles. The molecular weight excluding hydrogens is 385 g/mol. The number of nitrogen functional groups attached to an aromatic ring is 1. The van der Waals surface area contributed by atoms with Crippen molar-refractivity contribution in [2.24, 2.45) is 0 Å². The van der Waals surface area contributed by atoms with Crippen LogP contribution in [0.15, 0.2) is 6.33 Å². The van der Waals surface area contributed by atoms with Gasteiger partial charge in [0.1, 0.15) is 31.0 Å². The van der Waals surface area contributed by atoms with Crippen LogP contribution < -0.4 is 20.9 Å². The molecule has 2 aliphatic rings. The molecule has 1 aromatic rings. The highest BCUT2D eigenvalue weighted by Crippen LogP contribution is 2.40. The van der Waals surface area contributed by atoms with Crippen molar-refractivity contribution >= 4 is 23.2 Å². The van der Waals surface area contributed by atoms with E-state index in [4.69, 9.17) is 10.5 Å². The van der Waals surface area contributed by atoms with Crippen molar-refractivity contribution in [1.29, 1.82) is 0 Å². The van der Waals surface area contributed by atoms with Gasteiger partial charge in [-0.15, -0.1) is 0 Å². The molecule has 1 saturated heterocycles. The Bertz CT molecular complexity index is 811. The Morgan fingerprint density at radius 1 is 1.46 bits per heavy atom.